The molecule has 2 aliphatic carbocycles. The lowest BCUT2D eigenvalue weighted by Crippen LogP contribution is -2.14. The fourth-order valence-corrected chi connectivity index (χ4v) is 5.02. The Labute approximate surface area is 198 Å². The van der Waals surface area contributed by atoms with E-state index in [1.54, 1.807) is 0 Å². The van der Waals surface area contributed by atoms with Crippen LogP contribution in [0.3, 0.4) is 0 Å². The van der Waals surface area contributed by atoms with E-state index in [-0.39, 0.29) is 0 Å². The van der Waals surface area contributed by atoms with Gasteiger partial charge in [0.05, 0.1) is 5.56 Å². The third-order valence-electron chi connectivity index (χ3n) is 7.21. The van der Waals surface area contributed by atoms with E-state index in [4.69, 9.17) is 0 Å². The van der Waals surface area contributed by atoms with E-state index in [9.17, 15) is 13.2 Å². The van der Waals surface area contributed by atoms with Gasteiger partial charge in [0.15, 0.2) is 0 Å². The molecule has 0 radical (unpaired) electrons. The summed E-state index contributed by atoms with van der Waals surface area (Å²) < 4.78 is 37.8. The van der Waals surface area contributed by atoms with Crippen molar-refractivity contribution in [1.29, 1.82) is 0 Å². The van der Waals surface area contributed by atoms with Crippen LogP contribution in [0.25, 0.3) is 0 Å². The summed E-state index contributed by atoms with van der Waals surface area (Å²) in [6.45, 7) is 2.28. The highest BCUT2D eigenvalue weighted by Crippen LogP contribution is 2.33. The standard InChI is InChI=1S/C30H37F3/c1-2-3-4-7-24-10-14-27(15-11-24)18-19-28-16-12-25(13-17-28)8-5-6-9-26-20-22-29(23-21-26)30(31,32)33/h5,8,20-25,27-28H,2-4,7,10-17H2,1H3/b8-5+. The molecule has 0 atom stereocenters. The highest BCUT2D eigenvalue weighted by molar-refractivity contribution is 5.39. The van der Waals surface area contributed by atoms with E-state index < -0.39 is 11.7 Å². The van der Waals surface area contributed by atoms with Crippen LogP contribution in [0.1, 0.15) is 95.1 Å². The fourth-order valence-electron chi connectivity index (χ4n) is 5.02. The zero-order chi connectivity index (χ0) is 23.5. The van der Waals surface area contributed by atoms with Gasteiger partial charge >= 0.3 is 6.18 Å². The van der Waals surface area contributed by atoms with Gasteiger partial charge in [-0.05, 0) is 93.5 Å². The molecule has 2 aliphatic rings. The first-order valence-corrected chi connectivity index (χ1v) is 12.8. The first-order valence-electron chi connectivity index (χ1n) is 12.8. The van der Waals surface area contributed by atoms with Gasteiger partial charge in [-0.3, -0.25) is 0 Å². The Morgan fingerprint density at radius 3 is 2.03 bits per heavy atom. The summed E-state index contributed by atoms with van der Waals surface area (Å²) in [6, 6.07) is 5.00. The molecule has 0 unspecified atom stereocenters. The minimum absolute atomic E-state index is 0.531. The Bertz CT molecular complexity index is 854. The summed E-state index contributed by atoms with van der Waals surface area (Å²) in [6.07, 6.45) is 15.1. The number of rotatable bonds is 5. The highest BCUT2D eigenvalue weighted by Gasteiger charge is 2.29. The van der Waals surface area contributed by atoms with Crippen LogP contribution < -0.4 is 0 Å². The molecular weight excluding hydrogens is 417 g/mol. The molecule has 1 aromatic carbocycles. The summed E-state index contributed by atoms with van der Waals surface area (Å²) >= 11 is 0. The maximum absolute atomic E-state index is 12.6. The topological polar surface area (TPSA) is 0 Å². The molecule has 33 heavy (non-hydrogen) atoms. The van der Waals surface area contributed by atoms with Gasteiger partial charge in [0.1, 0.15) is 0 Å². The molecule has 0 amide bonds. The number of allylic oxidation sites excluding steroid dienone is 2. The first kappa shape index (κ1) is 25.5. The number of alkyl halides is 3. The van der Waals surface area contributed by atoms with Gasteiger partial charge in [0.2, 0.25) is 0 Å². The number of unbranched alkanes of at least 4 members (excludes halogenated alkanes) is 2. The van der Waals surface area contributed by atoms with Crippen molar-refractivity contribution in [2.45, 2.75) is 90.1 Å². The molecule has 0 saturated heterocycles. The van der Waals surface area contributed by atoms with Crippen LogP contribution in [-0.4, -0.2) is 0 Å². The predicted octanol–water partition coefficient (Wildman–Crippen LogP) is 8.81. The van der Waals surface area contributed by atoms with Gasteiger partial charge < -0.3 is 0 Å². The van der Waals surface area contributed by atoms with Gasteiger partial charge in [0, 0.05) is 17.4 Å². The SMILES string of the molecule is CCCCCC1CCC(C#CC2CCC(/C=C/C#Cc3ccc(C(F)(F)F)cc3)CC2)CC1. The summed E-state index contributed by atoms with van der Waals surface area (Å²) in [4.78, 5) is 0. The minimum atomic E-state index is -4.30. The van der Waals surface area contributed by atoms with Crippen molar-refractivity contribution in [3.8, 4) is 23.7 Å². The molecule has 0 nitrogen and oxygen atoms in total. The molecule has 0 aromatic heterocycles. The second-order valence-corrected chi connectivity index (χ2v) is 9.82. The molecule has 0 spiro atoms. The average Bonchev–Trinajstić information content (AvgIpc) is 2.82. The lowest BCUT2D eigenvalue weighted by molar-refractivity contribution is -0.137. The summed E-state index contributed by atoms with van der Waals surface area (Å²) in [7, 11) is 0. The monoisotopic (exact) mass is 454 g/mol. The maximum atomic E-state index is 12.6. The zero-order valence-corrected chi connectivity index (χ0v) is 19.9. The first-order chi connectivity index (χ1) is 15.9. The summed E-state index contributed by atoms with van der Waals surface area (Å²) in [5, 5.41) is 0. The van der Waals surface area contributed by atoms with Crippen molar-refractivity contribution in [2.24, 2.45) is 23.7 Å². The number of hydrogen-bond donors (Lipinski definition) is 0. The van der Waals surface area contributed by atoms with Crippen LogP contribution in [0.15, 0.2) is 36.4 Å². The lowest BCUT2D eigenvalue weighted by Gasteiger charge is -2.26. The molecule has 1 aromatic rings. The Balaban J connectivity index is 1.36. The van der Waals surface area contributed by atoms with E-state index in [1.165, 1.54) is 63.5 Å². The quantitative estimate of drug-likeness (QED) is 0.308. The Morgan fingerprint density at radius 1 is 0.848 bits per heavy atom. The van der Waals surface area contributed by atoms with E-state index >= 15 is 0 Å². The molecule has 2 fully saturated rings. The Morgan fingerprint density at radius 2 is 1.45 bits per heavy atom. The molecule has 0 bridgehead atoms. The number of benzene rings is 1. The van der Waals surface area contributed by atoms with E-state index in [0.29, 0.717) is 23.3 Å². The Hall–Kier alpha value is -2.13. The molecule has 3 heteroatoms. The van der Waals surface area contributed by atoms with Crippen molar-refractivity contribution in [2.75, 3.05) is 0 Å². The molecule has 2 saturated carbocycles. The number of halogens is 3. The molecule has 0 N–H and O–H groups in total. The Kier molecular flexibility index (Phi) is 9.99. The fraction of sp³-hybridized carbons (Fsp3) is 0.600. The normalized spacial score (nSPS) is 25.7. The summed E-state index contributed by atoms with van der Waals surface area (Å²) in [5.41, 5.74) is -0.0415. The molecule has 0 heterocycles. The second-order valence-electron chi connectivity index (χ2n) is 9.82. The van der Waals surface area contributed by atoms with E-state index in [0.717, 1.165) is 43.7 Å². The van der Waals surface area contributed by atoms with Crippen molar-refractivity contribution < 1.29 is 13.2 Å². The highest BCUT2D eigenvalue weighted by atomic mass is 19.4. The molecular formula is C30H37F3. The van der Waals surface area contributed by atoms with Crippen LogP contribution in [0.4, 0.5) is 13.2 Å². The van der Waals surface area contributed by atoms with Gasteiger partial charge in [0.25, 0.3) is 0 Å². The smallest absolute Gasteiger partial charge is 0.166 e. The third kappa shape index (κ3) is 8.97. The van der Waals surface area contributed by atoms with Gasteiger partial charge in [-0.2, -0.15) is 13.2 Å². The zero-order valence-electron chi connectivity index (χ0n) is 19.9. The van der Waals surface area contributed by atoms with E-state index in [2.05, 4.69) is 36.7 Å². The van der Waals surface area contributed by atoms with Crippen molar-refractivity contribution in [1.82, 2.24) is 0 Å². The van der Waals surface area contributed by atoms with Crippen LogP contribution in [0, 0.1) is 47.4 Å². The van der Waals surface area contributed by atoms with Crippen molar-refractivity contribution in [3.63, 3.8) is 0 Å². The van der Waals surface area contributed by atoms with Crippen LogP contribution in [0.5, 0.6) is 0 Å². The second kappa shape index (κ2) is 12.9. The average molecular weight is 455 g/mol. The maximum Gasteiger partial charge on any atom is 0.416 e. The van der Waals surface area contributed by atoms with Crippen LogP contribution in [-0.2, 0) is 6.18 Å². The van der Waals surface area contributed by atoms with Gasteiger partial charge in [-0.15, -0.1) is 0 Å². The third-order valence-corrected chi connectivity index (χ3v) is 7.21. The largest absolute Gasteiger partial charge is 0.416 e. The van der Waals surface area contributed by atoms with Gasteiger partial charge in [-0.1, -0.05) is 62.4 Å². The minimum Gasteiger partial charge on any atom is -0.166 e. The molecule has 178 valence electrons. The lowest BCUT2D eigenvalue weighted by atomic mass is 9.79. The molecule has 0 aliphatic heterocycles. The number of hydrogen-bond acceptors (Lipinski definition) is 0. The van der Waals surface area contributed by atoms with Crippen molar-refractivity contribution >= 4 is 0 Å². The summed E-state index contributed by atoms with van der Waals surface area (Å²) in [5.74, 6) is 15.7. The van der Waals surface area contributed by atoms with Crippen LogP contribution >= 0.6 is 0 Å². The van der Waals surface area contributed by atoms with Gasteiger partial charge in [-0.25, -0.2) is 0 Å². The van der Waals surface area contributed by atoms with E-state index in [1.807, 2.05) is 6.08 Å². The van der Waals surface area contributed by atoms with Crippen molar-refractivity contribution in [3.05, 3.63) is 47.5 Å². The molecule has 3 rings (SSSR count). The van der Waals surface area contributed by atoms with Crippen LogP contribution in [0.2, 0.25) is 0 Å². The predicted molar refractivity (Wildman–Crippen MR) is 130 cm³/mol.